The van der Waals surface area contributed by atoms with Crippen molar-refractivity contribution in [1.82, 2.24) is 5.32 Å². The lowest BCUT2D eigenvalue weighted by Gasteiger charge is -2.37. The van der Waals surface area contributed by atoms with Crippen molar-refractivity contribution in [3.05, 3.63) is 23.8 Å². The van der Waals surface area contributed by atoms with E-state index in [1.165, 1.54) is 32.1 Å². The third-order valence-electron chi connectivity index (χ3n) is 4.59. The van der Waals surface area contributed by atoms with E-state index < -0.39 is 6.10 Å². The smallest absolute Gasteiger partial charge is 0.161 e. The number of nitrogens with one attached hydrogen (secondary N) is 1. The molecule has 0 aromatic heterocycles. The van der Waals surface area contributed by atoms with Crippen molar-refractivity contribution in [2.75, 3.05) is 14.2 Å². The van der Waals surface area contributed by atoms with Crippen LogP contribution in [0.3, 0.4) is 0 Å². The molecule has 4 nitrogen and oxygen atoms in total. The summed E-state index contributed by atoms with van der Waals surface area (Å²) in [5.41, 5.74) is 0.452. The quantitative estimate of drug-likeness (QED) is 0.845. The van der Waals surface area contributed by atoms with E-state index in [0.717, 1.165) is 5.56 Å². The van der Waals surface area contributed by atoms with Crippen LogP contribution in [0.5, 0.6) is 11.5 Å². The number of aliphatic hydroxyl groups excluding tert-OH is 1. The van der Waals surface area contributed by atoms with Gasteiger partial charge in [0.05, 0.1) is 20.3 Å². The van der Waals surface area contributed by atoms with Gasteiger partial charge < -0.3 is 19.9 Å². The minimum Gasteiger partial charge on any atom is -0.493 e. The van der Waals surface area contributed by atoms with Gasteiger partial charge in [0.15, 0.2) is 11.5 Å². The number of methoxy groups -OCH3 is 2. The Labute approximate surface area is 133 Å². The lowest BCUT2D eigenvalue weighted by molar-refractivity contribution is 0.0675. The van der Waals surface area contributed by atoms with Crippen molar-refractivity contribution < 1.29 is 14.6 Å². The summed E-state index contributed by atoms with van der Waals surface area (Å²) < 4.78 is 10.6. The normalized spacial score (nSPS) is 18.0. The van der Waals surface area contributed by atoms with Crippen molar-refractivity contribution in [3.63, 3.8) is 0 Å². The fraction of sp³-hybridized carbons (Fsp3) is 0.667. The molecular formula is C18H29NO3. The lowest BCUT2D eigenvalue weighted by Crippen LogP contribution is -2.50. The topological polar surface area (TPSA) is 50.7 Å². The molecule has 0 aliphatic heterocycles. The van der Waals surface area contributed by atoms with E-state index in [0.29, 0.717) is 17.5 Å². The molecule has 1 atom stereocenters. The molecule has 0 bridgehead atoms. The number of aliphatic hydroxyl groups is 1. The zero-order valence-electron chi connectivity index (χ0n) is 14.2. The summed E-state index contributed by atoms with van der Waals surface area (Å²) in [5.74, 6) is 1.32. The third-order valence-corrected chi connectivity index (χ3v) is 4.59. The average molecular weight is 307 g/mol. The van der Waals surface area contributed by atoms with Crippen molar-refractivity contribution in [3.8, 4) is 11.5 Å². The fourth-order valence-corrected chi connectivity index (χ4v) is 3.29. The number of benzene rings is 1. The van der Waals surface area contributed by atoms with Gasteiger partial charge in [-0.05, 0) is 44.4 Å². The zero-order valence-corrected chi connectivity index (χ0v) is 14.2. The number of hydrogen-bond donors (Lipinski definition) is 2. The summed E-state index contributed by atoms with van der Waals surface area (Å²) >= 11 is 0. The Morgan fingerprint density at radius 1 is 1.09 bits per heavy atom. The first-order valence-electron chi connectivity index (χ1n) is 8.15. The first-order valence-corrected chi connectivity index (χ1v) is 8.15. The Morgan fingerprint density at radius 2 is 1.73 bits per heavy atom. The van der Waals surface area contributed by atoms with E-state index >= 15 is 0 Å². The Balaban J connectivity index is 2.12. The maximum atomic E-state index is 10.8. The van der Waals surface area contributed by atoms with E-state index in [1.807, 2.05) is 18.2 Å². The van der Waals surface area contributed by atoms with Crippen molar-refractivity contribution in [2.45, 2.75) is 63.6 Å². The van der Waals surface area contributed by atoms with Gasteiger partial charge in [-0.25, -0.2) is 0 Å². The third kappa shape index (κ3) is 3.93. The molecule has 124 valence electrons. The van der Waals surface area contributed by atoms with Crippen LogP contribution in [0, 0.1) is 0 Å². The van der Waals surface area contributed by atoms with Gasteiger partial charge in [-0.3, -0.25) is 0 Å². The summed E-state index contributed by atoms with van der Waals surface area (Å²) in [6.45, 7) is 4.12. The molecule has 1 aliphatic carbocycles. The minimum absolute atomic E-state index is 0.387. The van der Waals surface area contributed by atoms with E-state index in [4.69, 9.17) is 9.47 Å². The Hall–Kier alpha value is -1.26. The van der Waals surface area contributed by atoms with Crippen LogP contribution in [0.2, 0.25) is 0 Å². The Bertz CT molecular complexity index is 481. The van der Waals surface area contributed by atoms with Crippen LogP contribution in [0.15, 0.2) is 18.2 Å². The van der Waals surface area contributed by atoms with Gasteiger partial charge in [0.2, 0.25) is 0 Å². The largest absolute Gasteiger partial charge is 0.493 e. The molecule has 1 fully saturated rings. The molecule has 0 heterocycles. The fourth-order valence-electron chi connectivity index (χ4n) is 3.29. The highest BCUT2D eigenvalue weighted by atomic mass is 16.5. The maximum absolute atomic E-state index is 10.8. The molecule has 1 aromatic rings. The summed E-state index contributed by atoms with van der Waals surface area (Å²) in [7, 11) is 3.22. The standard InChI is InChI=1S/C18H29NO3/c1-18(2,19-14-8-6-5-7-9-14)17(20)13-10-11-15(21-3)16(12-13)22-4/h10-12,14,17,19-20H,5-9H2,1-4H3. The average Bonchev–Trinajstić information content (AvgIpc) is 2.54. The molecule has 22 heavy (non-hydrogen) atoms. The van der Waals surface area contributed by atoms with Crippen LogP contribution in [-0.4, -0.2) is 30.9 Å². The van der Waals surface area contributed by atoms with Crippen LogP contribution >= 0.6 is 0 Å². The minimum atomic E-state index is -0.603. The van der Waals surface area contributed by atoms with Gasteiger partial charge in [0.25, 0.3) is 0 Å². The van der Waals surface area contributed by atoms with Crippen LogP contribution in [0.25, 0.3) is 0 Å². The molecule has 1 saturated carbocycles. The highest BCUT2D eigenvalue weighted by Crippen LogP contribution is 2.34. The van der Waals surface area contributed by atoms with Gasteiger partial charge >= 0.3 is 0 Å². The molecule has 0 amide bonds. The second-order valence-electron chi connectivity index (χ2n) is 6.72. The maximum Gasteiger partial charge on any atom is 0.161 e. The monoisotopic (exact) mass is 307 g/mol. The highest BCUT2D eigenvalue weighted by Gasteiger charge is 2.32. The van der Waals surface area contributed by atoms with Gasteiger partial charge in [-0.15, -0.1) is 0 Å². The number of ether oxygens (including phenoxy) is 2. The zero-order chi connectivity index (χ0) is 16.2. The van der Waals surface area contributed by atoms with Gasteiger partial charge in [-0.1, -0.05) is 25.3 Å². The SMILES string of the molecule is COc1ccc(C(O)C(C)(C)NC2CCCCC2)cc1OC. The second-order valence-corrected chi connectivity index (χ2v) is 6.72. The summed E-state index contributed by atoms with van der Waals surface area (Å²) in [5, 5.41) is 14.4. The van der Waals surface area contributed by atoms with Crippen LogP contribution in [0.1, 0.15) is 57.6 Å². The van der Waals surface area contributed by atoms with Gasteiger partial charge in [0.1, 0.15) is 0 Å². The van der Waals surface area contributed by atoms with Gasteiger partial charge in [-0.2, -0.15) is 0 Å². The molecule has 1 aromatic carbocycles. The molecule has 2 N–H and O–H groups in total. The van der Waals surface area contributed by atoms with Crippen LogP contribution in [0.4, 0.5) is 0 Å². The summed E-state index contributed by atoms with van der Waals surface area (Å²) in [6, 6.07) is 6.09. The summed E-state index contributed by atoms with van der Waals surface area (Å²) in [6.07, 6.45) is 5.68. The van der Waals surface area contributed by atoms with E-state index in [2.05, 4.69) is 19.2 Å². The predicted molar refractivity (Wildman–Crippen MR) is 88.6 cm³/mol. The Morgan fingerprint density at radius 3 is 2.32 bits per heavy atom. The van der Waals surface area contributed by atoms with Gasteiger partial charge in [0, 0.05) is 11.6 Å². The van der Waals surface area contributed by atoms with Crippen LogP contribution < -0.4 is 14.8 Å². The first kappa shape index (κ1) is 17.1. The highest BCUT2D eigenvalue weighted by molar-refractivity contribution is 5.44. The predicted octanol–water partition coefficient (Wildman–Crippen LogP) is 3.44. The van der Waals surface area contributed by atoms with E-state index in [-0.39, 0.29) is 5.54 Å². The molecule has 1 aliphatic rings. The van der Waals surface area contributed by atoms with Crippen LogP contribution in [-0.2, 0) is 0 Å². The van der Waals surface area contributed by atoms with Crippen molar-refractivity contribution >= 4 is 0 Å². The first-order chi connectivity index (χ1) is 10.5. The number of rotatable bonds is 6. The number of hydrogen-bond acceptors (Lipinski definition) is 4. The molecule has 0 radical (unpaired) electrons. The molecule has 0 saturated heterocycles. The van der Waals surface area contributed by atoms with E-state index in [9.17, 15) is 5.11 Å². The molecule has 1 unspecified atom stereocenters. The van der Waals surface area contributed by atoms with Crippen molar-refractivity contribution in [1.29, 1.82) is 0 Å². The second kappa shape index (κ2) is 7.34. The molecule has 4 heteroatoms. The molecule has 2 rings (SSSR count). The van der Waals surface area contributed by atoms with E-state index in [1.54, 1.807) is 14.2 Å². The Kier molecular flexibility index (Phi) is 5.70. The molecule has 0 spiro atoms. The lowest BCUT2D eigenvalue weighted by atomic mass is 9.87. The summed E-state index contributed by atoms with van der Waals surface area (Å²) in [4.78, 5) is 0. The van der Waals surface area contributed by atoms with Crippen molar-refractivity contribution in [2.24, 2.45) is 0 Å². The molecular weight excluding hydrogens is 278 g/mol.